The van der Waals surface area contributed by atoms with Crippen molar-refractivity contribution in [3.8, 4) is 0 Å². The number of hydrogen-bond acceptors (Lipinski definition) is 3. The number of amides is 1. The first-order valence-electron chi connectivity index (χ1n) is 9.42. The molecule has 1 aromatic rings. The van der Waals surface area contributed by atoms with Gasteiger partial charge < -0.3 is 10.6 Å². The van der Waals surface area contributed by atoms with E-state index in [1.165, 1.54) is 12.0 Å². The summed E-state index contributed by atoms with van der Waals surface area (Å²) >= 11 is 0. The molecule has 1 amide bonds. The van der Waals surface area contributed by atoms with Crippen LogP contribution in [0.15, 0.2) is 30.3 Å². The van der Waals surface area contributed by atoms with Crippen molar-refractivity contribution in [3.63, 3.8) is 0 Å². The fourth-order valence-corrected chi connectivity index (χ4v) is 4.25. The predicted octanol–water partition coefficient (Wildman–Crippen LogP) is 2.63. The Bertz CT molecular complexity index is 533. The summed E-state index contributed by atoms with van der Waals surface area (Å²) in [6.07, 6.45) is 6.32. The van der Waals surface area contributed by atoms with E-state index in [2.05, 4.69) is 35.2 Å². The Morgan fingerprint density at radius 1 is 1.21 bits per heavy atom. The fourth-order valence-electron chi connectivity index (χ4n) is 4.25. The summed E-state index contributed by atoms with van der Waals surface area (Å²) in [5, 5.41) is 0. The molecule has 2 aliphatic rings. The van der Waals surface area contributed by atoms with Crippen LogP contribution in [0.3, 0.4) is 0 Å². The van der Waals surface area contributed by atoms with Crippen LogP contribution < -0.4 is 5.73 Å². The van der Waals surface area contributed by atoms with Crippen molar-refractivity contribution in [3.05, 3.63) is 35.9 Å². The normalized spacial score (nSPS) is 28.5. The third kappa shape index (κ3) is 4.37. The van der Waals surface area contributed by atoms with E-state index in [-0.39, 0.29) is 12.0 Å². The molecule has 0 bridgehead atoms. The summed E-state index contributed by atoms with van der Waals surface area (Å²) in [6.45, 7) is 3.09. The van der Waals surface area contributed by atoms with Gasteiger partial charge in [-0.05, 0) is 44.2 Å². The molecule has 0 radical (unpaired) electrons. The lowest BCUT2D eigenvalue weighted by molar-refractivity contribution is -0.138. The summed E-state index contributed by atoms with van der Waals surface area (Å²) in [7, 11) is 2.00. The molecule has 3 rings (SSSR count). The van der Waals surface area contributed by atoms with Crippen LogP contribution >= 0.6 is 0 Å². The number of benzene rings is 1. The standard InChI is InChI=1S/C20H31N3O/c1-22(20(24)17-9-5-10-18(21)13-17)19-11-6-12-23(15-19)14-16-7-3-2-4-8-16/h2-4,7-8,17-19H,5-6,9-15,21H2,1H3. The van der Waals surface area contributed by atoms with E-state index in [4.69, 9.17) is 5.73 Å². The van der Waals surface area contributed by atoms with Gasteiger partial charge in [-0.1, -0.05) is 36.8 Å². The second-order valence-electron chi connectivity index (χ2n) is 7.59. The van der Waals surface area contributed by atoms with Crippen molar-refractivity contribution in [1.82, 2.24) is 9.80 Å². The fraction of sp³-hybridized carbons (Fsp3) is 0.650. The predicted molar refractivity (Wildman–Crippen MR) is 97.4 cm³/mol. The highest BCUT2D eigenvalue weighted by Crippen LogP contribution is 2.26. The average molecular weight is 329 g/mol. The van der Waals surface area contributed by atoms with Gasteiger partial charge in [-0.3, -0.25) is 9.69 Å². The second-order valence-corrected chi connectivity index (χ2v) is 7.59. The largest absolute Gasteiger partial charge is 0.341 e. The molecule has 1 aromatic carbocycles. The van der Waals surface area contributed by atoms with Crippen LogP contribution in [-0.2, 0) is 11.3 Å². The third-order valence-electron chi connectivity index (χ3n) is 5.69. The maximum absolute atomic E-state index is 12.9. The number of nitrogens with zero attached hydrogens (tertiary/aromatic N) is 2. The Morgan fingerprint density at radius 2 is 2.00 bits per heavy atom. The smallest absolute Gasteiger partial charge is 0.225 e. The van der Waals surface area contributed by atoms with Crippen molar-refractivity contribution in [2.24, 2.45) is 11.7 Å². The van der Waals surface area contributed by atoms with E-state index >= 15 is 0 Å². The lowest BCUT2D eigenvalue weighted by Crippen LogP contribution is -2.50. The Hall–Kier alpha value is -1.39. The number of piperidine rings is 1. The topological polar surface area (TPSA) is 49.6 Å². The molecule has 132 valence electrons. The second kappa shape index (κ2) is 8.13. The minimum absolute atomic E-state index is 0.142. The Morgan fingerprint density at radius 3 is 2.75 bits per heavy atom. The van der Waals surface area contributed by atoms with Crippen LogP contribution in [0.5, 0.6) is 0 Å². The van der Waals surface area contributed by atoms with Crippen LogP contribution in [0.25, 0.3) is 0 Å². The van der Waals surface area contributed by atoms with Crippen molar-refractivity contribution in [2.45, 2.75) is 57.2 Å². The number of rotatable bonds is 4. The first-order valence-corrected chi connectivity index (χ1v) is 9.42. The minimum Gasteiger partial charge on any atom is -0.341 e. The number of likely N-dealkylation sites (N-methyl/N-ethyl adjacent to an activating group) is 1. The van der Waals surface area contributed by atoms with Crippen molar-refractivity contribution in [2.75, 3.05) is 20.1 Å². The van der Waals surface area contributed by atoms with Gasteiger partial charge in [0, 0.05) is 38.1 Å². The van der Waals surface area contributed by atoms with E-state index < -0.39 is 0 Å². The molecular weight excluding hydrogens is 298 g/mol. The molecular formula is C20H31N3O. The molecule has 4 heteroatoms. The van der Waals surface area contributed by atoms with Gasteiger partial charge in [0.25, 0.3) is 0 Å². The SMILES string of the molecule is CN(C(=O)C1CCCC(N)C1)C1CCCN(Cc2ccccc2)C1. The van der Waals surface area contributed by atoms with Crippen LogP contribution in [-0.4, -0.2) is 47.9 Å². The maximum Gasteiger partial charge on any atom is 0.225 e. The van der Waals surface area contributed by atoms with E-state index in [0.29, 0.717) is 11.9 Å². The minimum atomic E-state index is 0.142. The van der Waals surface area contributed by atoms with E-state index in [1.807, 2.05) is 11.9 Å². The zero-order chi connectivity index (χ0) is 16.9. The van der Waals surface area contributed by atoms with Crippen molar-refractivity contribution < 1.29 is 4.79 Å². The highest BCUT2D eigenvalue weighted by molar-refractivity contribution is 5.79. The van der Waals surface area contributed by atoms with Gasteiger partial charge in [0.2, 0.25) is 5.91 Å². The van der Waals surface area contributed by atoms with Crippen LogP contribution in [0.4, 0.5) is 0 Å². The summed E-state index contributed by atoms with van der Waals surface area (Å²) in [5.74, 6) is 0.458. The number of carbonyl (C=O) groups is 1. The quantitative estimate of drug-likeness (QED) is 0.924. The zero-order valence-electron chi connectivity index (χ0n) is 14.9. The van der Waals surface area contributed by atoms with Gasteiger partial charge in [0.15, 0.2) is 0 Å². The van der Waals surface area contributed by atoms with Crippen LogP contribution in [0, 0.1) is 5.92 Å². The molecule has 1 heterocycles. The van der Waals surface area contributed by atoms with Crippen molar-refractivity contribution in [1.29, 1.82) is 0 Å². The highest BCUT2D eigenvalue weighted by atomic mass is 16.2. The number of likely N-dealkylation sites (tertiary alicyclic amines) is 1. The number of carbonyl (C=O) groups excluding carboxylic acids is 1. The number of nitrogens with two attached hydrogens (primary N) is 1. The maximum atomic E-state index is 12.9. The number of hydrogen-bond donors (Lipinski definition) is 1. The molecule has 3 atom stereocenters. The summed E-state index contributed by atoms with van der Waals surface area (Å²) in [6, 6.07) is 11.2. The lowest BCUT2D eigenvalue weighted by Gasteiger charge is -2.39. The Labute approximate surface area is 146 Å². The molecule has 0 aromatic heterocycles. The first-order chi connectivity index (χ1) is 11.6. The van der Waals surface area contributed by atoms with Gasteiger partial charge in [0.1, 0.15) is 0 Å². The van der Waals surface area contributed by atoms with E-state index in [9.17, 15) is 4.79 Å². The monoisotopic (exact) mass is 329 g/mol. The molecule has 24 heavy (non-hydrogen) atoms. The summed E-state index contributed by atoms with van der Waals surface area (Å²) in [4.78, 5) is 17.4. The molecule has 1 saturated carbocycles. The lowest BCUT2D eigenvalue weighted by atomic mass is 9.85. The van der Waals surface area contributed by atoms with Gasteiger partial charge >= 0.3 is 0 Å². The average Bonchev–Trinajstić information content (AvgIpc) is 2.61. The van der Waals surface area contributed by atoms with Crippen LogP contribution in [0.2, 0.25) is 0 Å². The molecule has 4 nitrogen and oxygen atoms in total. The van der Waals surface area contributed by atoms with Crippen molar-refractivity contribution >= 4 is 5.91 Å². The molecule has 1 saturated heterocycles. The molecule has 2 N–H and O–H groups in total. The van der Waals surface area contributed by atoms with E-state index in [1.54, 1.807) is 0 Å². The van der Waals surface area contributed by atoms with Gasteiger partial charge in [-0.15, -0.1) is 0 Å². The zero-order valence-corrected chi connectivity index (χ0v) is 14.9. The van der Waals surface area contributed by atoms with Crippen LogP contribution in [0.1, 0.15) is 44.1 Å². The highest BCUT2D eigenvalue weighted by Gasteiger charge is 2.32. The molecule has 1 aliphatic heterocycles. The molecule has 3 unspecified atom stereocenters. The molecule has 2 fully saturated rings. The van der Waals surface area contributed by atoms with Gasteiger partial charge in [-0.2, -0.15) is 0 Å². The Balaban J connectivity index is 1.56. The summed E-state index contributed by atoms with van der Waals surface area (Å²) < 4.78 is 0. The van der Waals surface area contributed by atoms with E-state index in [0.717, 1.165) is 51.7 Å². The van der Waals surface area contributed by atoms with Gasteiger partial charge in [0.05, 0.1) is 0 Å². The first kappa shape index (κ1) is 17.4. The molecule has 0 spiro atoms. The third-order valence-corrected chi connectivity index (χ3v) is 5.69. The molecule has 1 aliphatic carbocycles. The summed E-state index contributed by atoms with van der Waals surface area (Å²) in [5.41, 5.74) is 7.42. The Kier molecular flexibility index (Phi) is 5.90. The van der Waals surface area contributed by atoms with Gasteiger partial charge in [-0.25, -0.2) is 0 Å².